The number of imidazole rings is 1. The van der Waals surface area contributed by atoms with Crippen LogP contribution in [0.2, 0.25) is 0 Å². The summed E-state index contributed by atoms with van der Waals surface area (Å²) in [6.07, 6.45) is -1.06. The molecular formula is C11H14Cl2N5O4PS2. The molecule has 1 fully saturated rings. The van der Waals surface area contributed by atoms with E-state index in [1.54, 1.807) is 0 Å². The van der Waals surface area contributed by atoms with Gasteiger partial charge in [0.2, 0.25) is 4.97 Å². The number of aliphatic hydroxyl groups is 2. The van der Waals surface area contributed by atoms with Crippen LogP contribution in [0.4, 0.5) is 5.82 Å². The van der Waals surface area contributed by atoms with Crippen LogP contribution in [-0.4, -0.2) is 60.9 Å². The first kappa shape index (κ1) is 19.5. The molecule has 1 aliphatic heterocycles. The van der Waals surface area contributed by atoms with E-state index < -0.39 is 29.5 Å². The molecule has 0 aliphatic carbocycles. The van der Waals surface area contributed by atoms with Crippen molar-refractivity contribution in [3.8, 4) is 0 Å². The van der Waals surface area contributed by atoms with Gasteiger partial charge < -0.3 is 25.2 Å². The predicted molar refractivity (Wildman–Crippen MR) is 99.4 cm³/mol. The topological polar surface area (TPSA) is 129 Å². The number of hydrogen-bond acceptors (Lipinski definition) is 10. The van der Waals surface area contributed by atoms with Crippen LogP contribution in [0.5, 0.6) is 0 Å². The summed E-state index contributed by atoms with van der Waals surface area (Å²) in [5.41, 5.74) is 6.64. The van der Waals surface area contributed by atoms with Crippen LogP contribution in [0.15, 0.2) is 11.5 Å². The molecule has 138 valence electrons. The SMILES string of the molecule is CSc1nc(N)c2ncn([C@@H]3O[C@H](COP(=S)(Cl)Cl)[C@@H](O)[C@H]3O)c2n1. The zero-order chi connectivity index (χ0) is 18.4. The second kappa shape index (κ2) is 7.41. The van der Waals surface area contributed by atoms with Gasteiger partial charge in [0.25, 0.3) is 0 Å². The van der Waals surface area contributed by atoms with E-state index in [9.17, 15) is 10.2 Å². The monoisotopic (exact) mass is 445 g/mol. The van der Waals surface area contributed by atoms with Crippen molar-refractivity contribution in [3.05, 3.63) is 6.33 Å². The largest absolute Gasteiger partial charge is 0.387 e. The van der Waals surface area contributed by atoms with E-state index in [-0.39, 0.29) is 12.4 Å². The molecule has 9 nitrogen and oxygen atoms in total. The van der Waals surface area contributed by atoms with Crippen molar-refractivity contribution < 1.29 is 19.5 Å². The quantitative estimate of drug-likeness (QED) is 0.353. The van der Waals surface area contributed by atoms with Crippen molar-refractivity contribution in [2.45, 2.75) is 29.7 Å². The third-order valence-electron chi connectivity index (χ3n) is 3.61. The van der Waals surface area contributed by atoms with Crippen LogP contribution in [0.1, 0.15) is 6.23 Å². The van der Waals surface area contributed by atoms with Crippen molar-refractivity contribution in [3.63, 3.8) is 0 Å². The molecule has 4 atom stereocenters. The Balaban J connectivity index is 1.90. The molecule has 0 radical (unpaired) electrons. The fourth-order valence-electron chi connectivity index (χ4n) is 2.45. The van der Waals surface area contributed by atoms with Crippen LogP contribution in [0.25, 0.3) is 11.2 Å². The summed E-state index contributed by atoms with van der Waals surface area (Å²) in [4.78, 5) is 9.65. The van der Waals surface area contributed by atoms with Gasteiger partial charge in [0.1, 0.15) is 23.8 Å². The number of ether oxygens (including phenoxy) is 1. The lowest BCUT2D eigenvalue weighted by molar-refractivity contribution is -0.0459. The van der Waals surface area contributed by atoms with Gasteiger partial charge in [0, 0.05) is 0 Å². The number of hydrogen-bond donors (Lipinski definition) is 3. The molecular weight excluding hydrogens is 432 g/mol. The van der Waals surface area contributed by atoms with Crippen molar-refractivity contribution in [2.75, 3.05) is 18.6 Å². The van der Waals surface area contributed by atoms with Crippen LogP contribution in [0.3, 0.4) is 0 Å². The van der Waals surface area contributed by atoms with E-state index in [0.29, 0.717) is 16.3 Å². The number of nitrogen functional groups attached to an aromatic ring is 1. The second-order valence-corrected chi connectivity index (χ2v) is 13.2. The maximum atomic E-state index is 10.3. The Morgan fingerprint density at radius 2 is 2.16 bits per heavy atom. The highest BCUT2D eigenvalue weighted by Crippen LogP contribution is 2.58. The van der Waals surface area contributed by atoms with Crippen molar-refractivity contribution in [2.24, 2.45) is 0 Å². The number of aromatic nitrogens is 4. The van der Waals surface area contributed by atoms with E-state index >= 15 is 0 Å². The molecule has 0 spiro atoms. The minimum absolute atomic E-state index is 0.154. The summed E-state index contributed by atoms with van der Waals surface area (Å²) in [7, 11) is 0. The van der Waals surface area contributed by atoms with Gasteiger partial charge in [-0.05, 0) is 40.5 Å². The standard InChI is InChI=1S/C11H14Cl2N5O4PS2/c1-25-11-16-8(14)5-9(17-11)18(3-15-5)10-7(20)6(19)4(22-10)2-21-23(12,13)24/h3-4,6-7,10,19-20H,2H2,1H3,(H2,14,16,17)/t4-,6-,7-,10-/m1/s1. The zero-order valence-corrected chi connectivity index (χ0v) is 16.7. The van der Waals surface area contributed by atoms with E-state index in [4.69, 9.17) is 49.3 Å². The van der Waals surface area contributed by atoms with Crippen molar-refractivity contribution in [1.29, 1.82) is 0 Å². The van der Waals surface area contributed by atoms with Gasteiger partial charge in [-0.2, -0.15) is 0 Å². The van der Waals surface area contributed by atoms with E-state index in [2.05, 4.69) is 15.0 Å². The Morgan fingerprint density at radius 3 is 2.80 bits per heavy atom. The smallest absolute Gasteiger partial charge is 0.240 e. The molecule has 0 saturated carbocycles. The first-order chi connectivity index (χ1) is 11.7. The van der Waals surface area contributed by atoms with E-state index in [1.165, 1.54) is 22.7 Å². The highest BCUT2D eigenvalue weighted by molar-refractivity contribution is 8.36. The van der Waals surface area contributed by atoms with Crippen molar-refractivity contribution >= 4 is 68.0 Å². The maximum absolute atomic E-state index is 10.3. The fourth-order valence-corrected chi connectivity index (χ4v) is 3.66. The molecule has 4 N–H and O–H groups in total. The number of aliphatic hydroxyl groups excluding tert-OH is 2. The highest BCUT2D eigenvalue weighted by atomic mass is 35.9. The summed E-state index contributed by atoms with van der Waals surface area (Å²) in [6.45, 7) is -0.154. The van der Waals surface area contributed by atoms with Gasteiger partial charge >= 0.3 is 0 Å². The minimum Gasteiger partial charge on any atom is -0.387 e. The molecule has 2 aromatic rings. The van der Waals surface area contributed by atoms with Crippen LogP contribution in [0, 0.1) is 0 Å². The molecule has 25 heavy (non-hydrogen) atoms. The average Bonchev–Trinajstić information content (AvgIpc) is 3.08. The first-order valence-corrected chi connectivity index (χ1v) is 12.7. The van der Waals surface area contributed by atoms with Gasteiger partial charge in [-0.25, -0.2) is 15.0 Å². The predicted octanol–water partition coefficient (Wildman–Crippen LogP) is 1.47. The van der Waals surface area contributed by atoms with Crippen LogP contribution < -0.4 is 5.73 Å². The molecule has 0 bridgehead atoms. The summed E-state index contributed by atoms with van der Waals surface area (Å²) < 4.78 is 12.3. The molecule has 1 saturated heterocycles. The maximum Gasteiger partial charge on any atom is 0.240 e. The Hall–Kier alpha value is -0.230. The molecule has 3 heterocycles. The Bertz CT molecular complexity index is 836. The summed E-state index contributed by atoms with van der Waals surface area (Å²) in [5, 5.41) is 21.0. The summed E-state index contributed by atoms with van der Waals surface area (Å²) in [6, 6.07) is 0. The molecule has 0 aromatic carbocycles. The lowest BCUT2D eigenvalue weighted by Gasteiger charge is -2.17. The van der Waals surface area contributed by atoms with Gasteiger partial charge in [-0.1, -0.05) is 11.8 Å². The molecule has 0 unspecified atom stereocenters. The Morgan fingerprint density at radius 1 is 1.44 bits per heavy atom. The van der Waals surface area contributed by atoms with Crippen LogP contribution >= 0.6 is 39.2 Å². The summed E-state index contributed by atoms with van der Waals surface area (Å²) >= 11 is 17.4. The Kier molecular flexibility index (Phi) is 5.79. The molecule has 0 amide bonds. The number of nitrogens with zero attached hydrogens (tertiary/aromatic N) is 4. The third kappa shape index (κ3) is 4.05. The second-order valence-electron chi connectivity index (χ2n) is 5.18. The zero-order valence-electron chi connectivity index (χ0n) is 12.7. The van der Waals surface area contributed by atoms with Gasteiger partial charge in [-0.15, -0.1) is 0 Å². The number of nitrogens with two attached hydrogens (primary N) is 1. The minimum atomic E-state index is -2.95. The lowest BCUT2D eigenvalue weighted by atomic mass is 10.1. The molecule has 2 aromatic heterocycles. The number of halogens is 2. The number of thioether (sulfide) groups is 1. The van der Waals surface area contributed by atoms with Crippen molar-refractivity contribution in [1.82, 2.24) is 19.5 Å². The summed E-state index contributed by atoms with van der Waals surface area (Å²) in [5.74, 6) is 0.214. The number of anilines is 1. The third-order valence-corrected chi connectivity index (χ3v) is 5.51. The molecule has 14 heteroatoms. The van der Waals surface area contributed by atoms with Gasteiger partial charge in [-0.3, -0.25) is 4.57 Å². The lowest BCUT2D eigenvalue weighted by Crippen LogP contribution is -2.33. The van der Waals surface area contributed by atoms with Gasteiger partial charge in [0.05, 0.1) is 12.9 Å². The fraction of sp³-hybridized carbons (Fsp3) is 0.545. The Labute approximate surface area is 161 Å². The highest BCUT2D eigenvalue weighted by Gasteiger charge is 2.45. The van der Waals surface area contributed by atoms with Crippen LogP contribution in [-0.2, 0) is 21.1 Å². The van der Waals surface area contributed by atoms with Gasteiger partial charge in [0.15, 0.2) is 22.8 Å². The van der Waals surface area contributed by atoms with E-state index in [1.807, 2.05) is 6.26 Å². The normalized spacial score (nSPS) is 27.2. The van der Waals surface area contributed by atoms with E-state index in [0.717, 1.165) is 0 Å². The molecule has 1 aliphatic rings. The molecule has 3 rings (SSSR count). The first-order valence-electron chi connectivity index (χ1n) is 6.91. The number of fused-ring (bicyclic) bond motifs is 1. The number of rotatable bonds is 5. The average molecular weight is 446 g/mol.